The maximum Gasteiger partial charge on any atom is 0.250 e. The number of carbonyl (C=O) groups excluding carboxylic acids is 1. The van der Waals surface area contributed by atoms with Gasteiger partial charge in [0.25, 0.3) is 5.56 Å². The standard InChI is InChI=1S/C13H20N2O2/c1-10-8-11(2)15(13(17)9-10)7-5-3-4-6-12(14)16/h8-9H,3-7H2,1-2H3,(H2,14,16). The van der Waals surface area contributed by atoms with Crippen molar-refractivity contribution < 1.29 is 4.79 Å². The number of aryl methyl sites for hydroxylation is 2. The lowest BCUT2D eigenvalue weighted by Gasteiger charge is -2.10. The van der Waals surface area contributed by atoms with Gasteiger partial charge in [-0.05, 0) is 38.3 Å². The van der Waals surface area contributed by atoms with Crippen LogP contribution in [0.1, 0.15) is 36.9 Å². The molecule has 2 N–H and O–H groups in total. The maximum atomic E-state index is 11.7. The molecule has 0 aliphatic carbocycles. The van der Waals surface area contributed by atoms with E-state index in [0.29, 0.717) is 13.0 Å². The van der Waals surface area contributed by atoms with Crippen LogP contribution < -0.4 is 11.3 Å². The third-order valence-corrected chi connectivity index (χ3v) is 2.78. The van der Waals surface area contributed by atoms with Crippen molar-refractivity contribution in [3.8, 4) is 0 Å². The lowest BCUT2D eigenvalue weighted by Crippen LogP contribution is -2.21. The quantitative estimate of drug-likeness (QED) is 0.761. The Morgan fingerprint density at radius 2 is 1.94 bits per heavy atom. The molecule has 0 unspecified atom stereocenters. The number of nitrogens with zero attached hydrogens (tertiary/aromatic N) is 1. The van der Waals surface area contributed by atoms with Crippen LogP contribution in [0.15, 0.2) is 16.9 Å². The Morgan fingerprint density at radius 1 is 1.24 bits per heavy atom. The molecule has 0 aliphatic rings. The van der Waals surface area contributed by atoms with Gasteiger partial charge in [0.05, 0.1) is 0 Å². The molecule has 1 heterocycles. The van der Waals surface area contributed by atoms with Gasteiger partial charge >= 0.3 is 0 Å². The molecule has 1 rings (SSSR count). The zero-order chi connectivity index (χ0) is 12.8. The van der Waals surface area contributed by atoms with E-state index in [-0.39, 0.29) is 11.5 Å². The Hall–Kier alpha value is -1.58. The molecule has 0 aromatic carbocycles. The Balaban J connectivity index is 2.47. The molecule has 4 nitrogen and oxygen atoms in total. The van der Waals surface area contributed by atoms with Crippen LogP contribution in [0.4, 0.5) is 0 Å². The van der Waals surface area contributed by atoms with Gasteiger partial charge in [0.15, 0.2) is 0 Å². The normalized spacial score (nSPS) is 10.5. The van der Waals surface area contributed by atoms with Gasteiger partial charge in [0.1, 0.15) is 0 Å². The molecular formula is C13H20N2O2. The van der Waals surface area contributed by atoms with Gasteiger partial charge in [-0.25, -0.2) is 0 Å². The number of amides is 1. The SMILES string of the molecule is Cc1cc(C)n(CCCCCC(N)=O)c(=O)c1. The molecule has 17 heavy (non-hydrogen) atoms. The average Bonchev–Trinajstić information content (AvgIpc) is 2.20. The molecule has 0 spiro atoms. The van der Waals surface area contributed by atoms with Crippen molar-refractivity contribution >= 4 is 5.91 Å². The molecule has 0 fully saturated rings. The van der Waals surface area contributed by atoms with Crippen LogP contribution in [-0.4, -0.2) is 10.5 Å². The molecule has 0 saturated heterocycles. The smallest absolute Gasteiger partial charge is 0.250 e. The van der Waals surface area contributed by atoms with E-state index in [0.717, 1.165) is 30.5 Å². The van der Waals surface area contributed by atoms with E-state index in [1.54, 1.807) is 10.6 Å². The van der Waals surface area contributed by atoms with Crippen LogP contribution in [0.25, 0.3) is 0 Å². The second-order valence-corrected chi connectivity index (χ2v) is 4.44. The van der Waals surface area contributed by atoms with Crippen molar-refractivity contribution in [3.63, 3.8) is 0 Å². The van der Waals surface area contributed by atoms with Crippen molar-refractivity contribution in [2.24, 2.45) is 5.73 Å². The van der Waals surface area contributed by atoms with E-state index in [1.807, 2.05) is 19.9 Å². The molecular weight excluding hydrogens is 216 g/mol. The summed E-state index contributed by atoms with van der Waals surface area (Å²) in [6.45, 7) is 4.58. The largest absolute Gasteiger partial charge is 0.370 e. The fourth-order valence-corrected chi connectivity index (χ4v) is 1.93. The summed E-state index contributed by atoms with van der Waals surface area (Å²) in [5, 5.41) is 0. The Labute approximate surface area is 101 Å². The van der Waals surface area contributed by atoms with Gasteiger partial charge < -0.3 is 10.3 Å². The summed E-state index contributed by atoms with van der Waals surface area (Å²) in [6, 6.07) is 3.65. The summed E-state index contributed by atoms with van der Waals surface area (Å²) < 4.78 is 1.78. The molecule has 94 valence electrons. The van der Waals surface area contributed by atoms with Crippen molar-refractivity contribution in [3.05, 3.63) is 33.7 Å². The first-order chi connectivity index (χ1) is 8.00. The fraction of sp³-hybridized carbons (Fsp3) is 0.538. The zero-order valence-electron chi connectivity index (χ0n) is 10.5. The molecule has 0 radical (unpaired) electrons. The first-order valence-corrected chi connectivity index (χ1v) is 5.97. The topological polar surface area (TPSA) is 65.1 Å². The summed E-state index contributed by atoms with van der Waals surface area (Å²) in [6.07, 6.45) is 3.05. The van der Waals surface area contributed by atoms with Crippen LogP contribution >= 0.6 is 0 Å². The highest BCUT2D eigenvalue weighted by Crippen LogP contribution is 2.04. The molecule has 0 aliphatic heterocycles. The summed E-state index contributed by atoms with van der Waals surface area (Å²) in [5.74, 6) is -0.256. The first-order valence-electron chi connectivity index (χ1n) is 5.97. The molecule has 1 aromatic rings. The highest BCUT2D eigenvalue weighted by molar-refractivity contribution is 5.73. The van der Waals surface area contributed by atoms with Gasteiger partial charge in [-0.15, -0.1) is 0 Å². The Bertz CT molecular complexity index is 449. The van der Waals surface area contributed by atoms with Crippen molar-refractivity contribution in [2.75, 3.05) is 0 Å². The van der Waals surface area contributed by atoms with E-state index in [2.05, 4.69) is 0 Å². The van der Waals surface area contributed by atoms with Crippen LogP contribution in [0.5, 0.6) is 0 Å². The third kappa shape index (κ3) is 4.43. The number of primary amides is 1. The minimum atomic E-state index is -0.256. The summed E-state index contributed by atoms with van der Waals surface area (Å²) in [5.41, 5.74) is 7.10. The Kier molecular flexibility index (Phi) is 4.94. The maximum absolute atomic E-state index is 11.7. The summed E-state index contributed by atoms with van der Waals surface area (Å²) in [4.78, 5) is 22.3. The van der Waals surface area contributed by atoms with E-state index in [9.17, 15) is 9.59 Å². The number of unbranched alkanes of at least 4 members (excludes halogenated alkanes) is 2. The highest BCUT2D eigenvalue weighted by atomic mass is 16.1. The lowest BCUT2D eigenvalue weighted by atomic mass is 10.2. The molecule has 0 saturated carbocycles. The Morgan fingerprint density at radius 3 is 2.53 bits per heavy atom. The number of carbonyl (C=O) groups is 1. The van der Waals surface area contributed by atoms with Gasteiger partial charge in [-0.2, -0.15) is 0 Å². The molecule has 0 atom stereocenters. The third-order valence-electron chi connectivity index (χ3n) is 2.78. The number of pyridine rings is 1. The van der Waals surface area contributed by atoms with Gasteiger partial charge in [-0.3, -0.25) is 9.59 Å². The predicted molar refractivity (Wildman–Crippen MR) is 67.8 cm³/mol. The number of rotatable bonds is 6. The minimum Gasteiger partial charge on any atom is -0.370 e. The molecule has 0 bridgehead atoms. The first kappa shape index (κ1) is 13.5. The van der Waals surface area contributed by atoms with Crippen molar-refractivity contribution in [1.82, 2.24) is 4.57 Å². The molecule has 1 amide bonds. The van der Waals surface area contributed by atoms with Gasteiger partial charge in [0.2, 0.25) is 5.91 Å². The van der Waals surface area contributed by atoms with E-state index >= 15 is 0 Å². The zero-order valence-corrected chi connectivity index (χ0v) is 10.5. The molecule has 1 aromatic heterocycles. The van der Waals surface area contributed by atoms with Gasteiger partial charge in [0, 0.05) is 24.7 Å². The highest BCUT2D eigenvalue weighted by Gasteiger charge is 2.01. The van der Waals surface area contributed by atoms with Crippen LogP contribution in [0.3, 0.4) is 0 Å². The fourth-order valence-electron chi connectivity index (χ4n) is 1.93. The number of nitrogens with two attached hydrogens (primary N) is 1. The van der Waals surface area contributed by atoms with Crippen LogP contribution in [0.2, 0.25) is 0 Å². The van der Waals surface area contributed by atoms with E-state index < -0.39 is 0 Å². The second-order valence-electron chi connectivity index (χ2n) is 4.44. The number of hydrogen-bond donors (Lipinski definition) is 1. The second kappa shape index (κ2) is 6.23. The predicted octanol–water partition coefficient (Wildman–Crippen LogP) is 1.51. The van der Waals surface area contributed by atoms with E-state index in [1.165, 1.54) is 0 Å². The van der Waals surface area contributed by atoms with Crippen LogP contribution in [-0.2, 0) is 11.3 Å². The van der Waals surface area contributed by atoms with Crippen LogP contribution in [0, 0.1) is 13.8 Å². The van der Waals surface area contributed by atoms with Crippen molar-refractivity contribution in [1.29, 1.82) is 0 Å². The summed E-state index contributed by atoms with van der Waals surface area (Å²) >= 11 is 0. The van der Waals surface area contributed by atoms with Gasteiger partial charge in [-0.1, -0.05) is 6.42 Å². The number of aromatic nitrogens is 1. The minimum absolute atomic E-state index is 0.0531. The summed E-state index contributed by atoms with van der Waals surface area (Å²) in [7, 11) is 0. The monoisotopic (exact) mass is 236 g/mol. The molecule has 4 heteroatoms. The number of hydrogen-bond acceptors (Lipinski definition) is 2. The van der Waals surface area contributed by atoms with Crippen molar-refractivity contribution in [2.45, 2.75) is 46.1 Å². The van der Waals surface area contributed by atoms with E-state index in [4.69, 9.17) is 5.73 Å². The average molecular weight is 236 g/mol. The lowest BCUT2D eigenvalue weighted by molar-refractivity contribution is -0.118.